The molecule has 18 heavy (non-hydrogen) atoms. The van der Waals surface area contributed by atoms with Crippen molar-refractivity contribution >= 4 is 11.3 Å². The van der Waals surface area contributed by atoms with Crippen LogP contribution in [0.4, 0.5) is 5.69 Å². The van der Waals surface area contributed by atoms with Gasteiger partial charge in [0.15, 0.2) is 5.82 Å². The van der Waals surface area contributed by atoms with E-state index in [1.54, 1.807) is 10.9 Å². The summed E-state index contributed by atoms with van der Waals surface area (Å²) in [6, 6.07) is 0. The Kier molecular flexibility index (Phi) is 2.09. The highest BCUT2D eigenvalue weighted by Gasteiger charge is 2.15. The van der Waals surface area contributed by atoms with Gasteiger partial charge in [-0.2, -0.15) is 5.10 Å². The molecule has 0 saturated carbocycles. The second kappa shape index (κ2) is 3.52. The summed E-state index contributed by atoms with van der Waals surface area (Å²) in [7, 11) is 0. The van der Waals surface area contributed by atoms with E-state index in [1.165, 1.54) is 0 Å². The maximum atomic E-state index is 5.94. The average molecular weight is 243 g/mol. The van der Waals surface area contributed by atoms with Crippen molar-refractivity contribution in [3.05, 3.63) is 29.6 Å². The summed E-state index contributed by atoms with van der Waals surface area (Å²) in [6.07, 6.45) is 3.52. The molecular weight excluding hydrogens is 230 g/mol. The van der Waals surface area contributed by atoms with Crippen LogP contribution in [-0.2, 0) is 0 Å². The molecule has 7 heteroatoms. The van der Waals surface area contributed by atoms with Gasteiger partial charge in [-0.3, -0.25) is 4.40 Å². The molecule has 0 bridgehead atoms. The zero-order valence-electron chi connectivity index (χ0n) is 10.4. The third-order valence-corrected chi connectivity index (χ3v) is 3.03. The Labute approximate surface area is 103 Å². The lowest BCUT2D eigenvalue weighted by Crippen LogP contribution is -2.05. The molecule has 0 aliphatic carbocycles. The molecule has 3 aromatic heterocycles. The van der Waals surface area contributed by atoms with Crippen LogP contribution in [0.25, 0.3) is 11.5 Å². The first-order chi connectivity index (χ1) is 8.59. The number of fused-ring (bicyclic) bond motifs is 1. The van der Waals surface area contributed by atoms with E-state index in [4.69, 9.17) is 5.73 Å². The number of nitrogens with two attached hydrogens (primary N) is 1. The summed E-state index contributed by atoms with van der Waals surface area (Å²) >= 11 is 0. The van der Waals surface area contributed by atoms with Crippen molar-refractivity contribution in [2.75, 3.05) is 5.73 Å². The summed E-state index contributed by atoms with van der Waals surface area (Å²) in [5.41, 5.74) is 8.92. The molecule has 3 heterocycles. The lowest BCUT2D eigenvalue weighted by atomic mass is 10.3. The van der Waals surface area contributed by atoms with Crippen LogP contribution in [0.2, 0.25) is 0 Å². The molecule has 0 aliphatic heterocycles. The highest BCUT2D eigenvalue weighted by Crippen LogP contribution is 2.20. The van der Waals surface area contributed by atoms with E-state index in [-0.39, 0.29) is 0 Å². The molecule has 2 N–H and O–H groups in total. The van der Waals surface area contributed by atoms with Crippen molar-refractivity contribution in [2.45, 2.75) is 20.8 Å². The summed E-state index contributed by atoms with van der Waals surface area (Å²) in [5, 5.41) is 12.6. The van der Waals surface area contributed by atoms with Crippen LogP contribution in [0.15, 0.2) is 12.4 Å². The molecule has 0 amide bonds. The number of nitrogen functional groups attached to an aromatic ring is 1. The van der Waals surface area contributed by atoms with E-state index >= 15 is 0 Å². The first kappa shape index (κ1) is 10.7. The van der Waals surface area contributed by atoms with E-state index in [2.05, 4.69) is 20.3 Å². The molecule has 0 atom stereocenters. The molecule has 3 rings (SSSR count). The fourth-order valence-corrected chi connectivity index (χ4v) is 1.94. The number of hydrogen-bond donors (Lipinski definition) is 1. The summed E-state index contributed by atoms with van der Waals surface area (Å²) < 4.78 is 3.57. The topological polar surface area (TPSA) is 86.9 Å². The zero-order chi connectivity index (χ0) is 12.9. The first-order valence-electron chi connectivity index (χ1n) is 5.58. The number of aryl methyl sites for hydroxylation is 2. The van der Waals surface area contributed by atoms with Gasteiger partial charge in [-0.25, -0.2) is 9.67 Å². The Morgan fingerprint density at radius 2 is 1.94 bits per heavy atom. The van der Waals surface area contributed by atoms with Crippen LogP contribution < -0.4 is 5.73 Å². The van der Waals surface area contributed by atoms with E-state index < -0.39 is 0 Å². The Balaban J connectivity index is 2.35. The van der Waals surface area contributed by atoms with E-state index in [0.29, 0.717) is 17.2 Å². The fourth-order valence-electron chi connectivity index (χ4n) is 1.94. The Morgan fingerprint density at radius 3 is 2.61 bits per heavy atom. The van der Waals surface area contributed by atoms with E-state index in [1.807, 2.05) is 31.4 Å². The molecule has 3 aromatic rings. The third kappa shape index (κ3) is 1.30. The van der Waals surface area contributed by atoms with Crippen molar-refractivity contribution in [3.8, 4) is 5.82 Å². The minimum absolute atomic E-state index is 0.635. The summed E-state index contributed by atoms with van der Waals surface area (Å²) in [4.78, 5) is 4.33. The van der Waals surface area contributed by atoms with Gasteiger partial charge in [-0.05, 0) is 20.8 Å². The van der Waals surface area contributed by atoms with E-state index in [9.17, 15) is 0 Å². The maximum Gasteiger partial charge on any atom is 0.206 e. The van der Waals surface area contributed by atoms with Gasteiger partial charge in [0.2, 0.25) is 5.65 Å². The van der Waals surface area contributed by atoms with Crippen LogP contribution >= 0.6 is 0 Å². The predicted octanol–water partition coefficient (Wildman–Crippen LogP) is 0.817. The van der Waals surface area contributed by atoms with Crippen LogP contribution in [0.5, 0.6) is 0 Å². The van der Waals surface area contributed by atoms with Gasteiger partial charge in [0.05, 0.1) is 17.1 Å². The standard InChI is InChI=1S/C11H13N7/c1-6-9(12)7(2)18(16-6)10-11-15-14-8(3)17(11)5-4-13-10/h4-5H,12H2,1-3H3. The van der Waals surface area contributed by atoms with Crippen LogP contribution in [0.3, 0.4) is 0 Å². The van der Waals surface area contributed by atoms with Crippen molar-refractivity contribution in [1.82, 2.24) is 29.4 Å². The quantitative estimate of drug-likeness (QED) is 0.683. The molecule has 0 spiro atoms. The molecular formula is C11H13N7. The smallest absolute Gasteiger partial charge is 0.206 e. The lowest BCUT2D eigenvalue weighted by molar-refractivity contribution is 0.802. The number of rotatable bonds is 1. The van der Waals surface area contributed by atoms with Gasteiger partial charge in [0.25, 0.3) is 0 Å². The molecule has 0 fully saturated rings. The number of nitrogens with zero attached hydrogens (tertiary/aromatic N) is 6. The monoisotopic (exact) mass is 243 g/mol. The SMILES string of the molecule is Cc1nn(-c2nccn3c(C)nnc23)c(C)c1N. The minimum Gasteiger partial charge on any atom is -0.396 e. The Hall–Kier alpha value is -2.44. The molecule has 92 valence electrons. The average Bonchev–Trinajstić information content (AvgIpc) is 2.86. The van der Waals surface area contributed by atoms with Gasteiger partial charge >= 0.3 is 0 Å². The predicted molar refractivity (Wildman–Crippen MR) is 66.5 cm³/mol. The fraction of sp³-hybridized carbons (Fsp3) is 0.273. The molecule has 0 unspecified atom stereocenters. The van der Waals surface area contributed by atoms with Crippen LogP contribution in [-0.4, -0.2) is 29.4 Å². The van der Waals surface area contributed by atoms with Crippen molar-refractivity contribution in [1.29, 1.82) is 0 Å². The van der Waals surface area contributed by atoms with Gasteiger partial charge in [-0.1, -0.05) is 0 Å². The number of anilines is 1. The highest BCUT2D eigenvalue weighted by atomic mass is 15.4. The summed E-state index contributed by atoms with van der Waals surface area (Å²) in [5.74, 6) is 1.44. The van der Waals surface area contributed by atoms with Crippen molar-refractivity contribution < 1.29 is 0 Å². The normalized spacial score (nSPS) is 11.3. The summed E-state index contributed by atoms with van der Waals surface area (Å²) in [6.45, 7) is 5.66. The molecule has 7 nitrogen and oxygen atoms in total. The van der Waals surface area contributed by atoms with E-state index in [0.717, 1.165) is 17.2 Å². The number of hydrogen-bond acceptors (Lipinski definition) is 5. The molecule has 0 aromatic carbocycles. The minimum atomic E-state index is 0.635. The highest BCUT2D eigenvalue weighted by molar-refractivity contribution is 5.57. The molecule has 0 aliphatic rings. The van der Waals surface area contributed by atoms with Crippen LogP contribution in [0, 0.1) is 20.8 Å². The first-order valence-corrected chi connectivity index (χ1v) is 5.58. The van der Waals surface area contributed by atoms with Gasteiger partial charge < -0.3 is 5.73 Å². The molecule has 0 saturated heterocycles. The Bertz CT molecular complexity index is 737. The molecule has 0 radical (unpaired) electrons. The van der Waals surface area contributed by atoms with Crippen LogP contribution in [0.1, 0.15) is 17.2 Å². The maximum absolute atomic E-state index is 5.94. The van der Waals surface area contributed by atoms with Crippen molar-refractivity contribution in [2.24, 2.45) is 0 Å². The largest absolute Gasteiger partial charge is 0.396 e. The number of aromatic nitrogens is 6. The van der Waals surface area contributed by atoms with Gasteiger partial charge in [-0.15, -0.1) is 10.2 Å². The lowest BCUT2D eigenvalue weighted by Gasteiger charge is -2.04. The Morgan fingerprint density at radius 1 is 1.17 bits per heavy atom. The van der Waals surface area contributed by atoms with Crippen molar-refractivity contribution in [3.63, 3.8) is 0 Å². The van der Waals surface area contributed by atoms with Gasteiger partial charge in [0.1, 0.15) is 5.82 Å². The second-order valence-corrected chi connectivity index (χ2v) is 4.19. The van der Waals surface area contributed by atoms with Gasteiger partial charge in [0, 0.05) is 12.4 Å². The second-order valence-electron chi connectivity index (χ2n) is 4.19. The zero-order valence-corrected chi connectivity index (χ0v) is 10.4. The third-order valence-electron chi connectivity index (χ3n) is 3.03.